The van der Waals surface area contributed by atoms with Crippen molar-refractivity contribution in [2.45, 2.75) is 25.2 Å². The fourth-order valence-electron chi connectivity index (χ4n) is 3.90. The van der Waals surface area contributed by atoms with Crippen LogP contribution in [0.25, 0.3) is 10.9 Å². The number of carbonyl (C=O) groups excluding carboxylic acids is 2. The van der Waals surface area contributed by atoms with Gasteiger partial charge < -0.3 is 19.5 Å². The van der Waals surface area contributed by atoms with E-state index in [1.165, 1.54) is 23.1 Å². The minimum Gasteiger partial charge on any atom is -0.406 e. The first-order chi connectivity index (χ1) is 14.7. The van der Waals surface area contributed by atoms with Crippen LogP contribution in [0.4, 0.5) is 18.9 Å². The summed E-state index contributed by atoms with van der Waals surface area (Å²) in [6.45, 7) is 0.285. The van der Waals surface area contributed by atoms with E-state index in [9.17, 15) is 22.8 Å². The van der Waals surface area contributed by atoms with Crippen molar-refractivity contribution in [2.24, 2.45) is 7.05 Å². The number of aromatic nitrogens is 1. The van der Waals surface area contributed by atoms with Crippen molar-refractivity contribution >= 4 is 28.4 Å². The number of ether oxygens (including phenoxy) is 1. The first-order valence-corrected chi connectivity index (χ1v) is 9.71. The van der Waals surface area contributed by atoms with Gasteiger partial charge in [-0.1, -0.05) is 24.3 Å². The van der Waals surface area contributed by atoms with E-state index in [2.05, 4.69) is 10.1 Å². The highest BCUT2D eigenvalue weighted by Crippen LogP contribution is 2.29. The van der Waals surface area contributed by atoms with Crippen LogP contribution in [0.1, 0.15) is 12.0 Å². The number of carbonyl (C=O) groups is 2. The average molecular weight is 431 g/mol. The van der Waals surface area contributed by atoms with Gasteiger partial charge in [0.15, 0.2) is 0 Å². The average Bonchev–Trinajstić information content (AvgIpc) is 3.21. The fourth-order valence-corrected chi connectivity index (χ4v) is 3.90. The largest absolute Gasteiger partial charge is 0.573 e. The molecule has 1 fully saturated rings. The van der Waals surface area contributed by atoms with Gasteiger partial charge in [0, 0.05) is 42.4 Å². The van der Waals surface area contributed by atoms with E-state index in [1.54, 1.807) is 0 Å². The zero-order valence-corrected chi connectivity index (χ0v) is 16.6. The van der Waals surface area contributed by atoms with Gasteiger partial charge in [-0.15, -0.1) is 13.2 Å². The zero-order chi connectivity index (χ0) is 22.2. The predicted octanol–water partition coefficient (Wildman–Crippen LogP) is 3.54. The summed E-state index contributed by atoms with van der Waals surface area (Å²) in [4.78, 5) is 26.7. The molecule has 0 bridgehead atoms. The Labute approximate surface area is 176 Å². The number of fused-ring (bicyclic) bond motifs is 1. The monoisotopic (exact) mass is 431 g/mol. The summed E-state index contributed by atoms with van der Waals surface area (Å²) in [6, 6.07) is 12.2. The highest BCUT2D eigenvalue weighted by molar-refractivity contribution is 6.02. The number of aryl methyl sites for hydroxylation is 1. The molecule has 1 atom stereocenters. The molecule has 3 aromatic rings. The minimum atomic E-state index is -4.81. The molecule has 1 saturated heterocycles. The molecule has 0 aliphatic carbocycles. The summed E-state index contributed by atoms with van der Waals surface area (Å²) in [5.74, 6) is -1.05. The Balaban J connectivity index is 1.42. The highest BCUT2D eigenvalue weighted by Gasteiger charge is 2.35. The molecule has 1 N–H and O–H groups in total. The Bertz CT molecular complexity index is 1140. The molecule has 4 rings (SSSR count). The van der Waals surface area contributed by atoms with Gasteiger partial charge in [-0.05, 0) is 30.2 Å². The van der Waals surface area contributed by atoms with Crippen LogP contribution in [0.15, 0.2) is 54.7 Å². The van der Waals surface area contributed by atoms with Crippen LogP contribution >= 0.6 is 0 Å². The van der Waals surface area contributed by atoms with E-state index < -0.39 is 18.2 Å². The maximum absolute atomic E-state index is 12.8. The topological polar surface area (TPSA) is 63.6 Å². The molecule has 1 aliphatic heterocycles. The first kappa shape index (κ1) is 20.8. The molecule has 1 unspecified atom stereocenters. The van der Waals surface area contributed by atoms with Crippen LogP contribution in [0.3, 0.4) is 0 Å². The third-order valence-corrected chi connectivity index (χ3v) is 5.23. The molecular weight excluding hydrogens is 411 g/mol. The minimum absolute atomic E-state index is 0.125. The summed E-state index contributed by atoms with van der Waals surface area (Å²) in [7, 11) is 1.90. The van der Waals surface area contributed by atoms with Crippen LogP contribution in [0, 0.1) is 0 Å². The highest BCUT2D eigenvalue weighted by atomic mass is 19.4. The molecule has 0 radical (unpaired) electrons. The smallest absolute Gasteiger partial charge is 0.406 e. The molecule has 2 amide bonds. The second-order valence-electron chi connectivity index (χ2n) is 7.40. The van der Waals surface area contributed by atoms with Gasteiger partial charge in [-0.2, -0.15) is 0 Å². The number of benzene rings is 2. The van der Waals surface area contributed by atoms with Crippen LogP contribution < -0.4 is 15.0 Å². The van der Waals surface area contributed by atoms with Gasteiger partial charge in [0.2, 0.25) is 11.8 Å². The van der Waals surface area contributed by atoms with Gasteiger partial charge in [-0.3, -0.25) is 9.59 Å². The lowest BCUT2D eigenvalue weighted by Crippen LogP contribution is -2.42. The number of nitrogens with zero attached hydrogens (tertiary/aromatic N) is 2. The van der Waals surface area contributed by atoms with Crippen molar-refractivity contribution in [2.75, 3.05) is 11.4 Å². The molecule has 2 aromatic carbocycles. The summed E-state index contributed by atoms with van der Waals surface area (Å²) < 4.78 is 43.2. The Kier molecular flexibility index (Phi) is 5.34. The number of hydrogen-bond donors (Lipinski definition) is 1. The number of amides is 2. The van der Waals surface area contributed by atoms with Gasteiger partial charge in [0.05, 0.1) is 6.42 Å². The van der Waals surface area contributed by atoms with Crippen molar-refractivity contribution in [3.8, 4) is 5.75 Å². The van der Waals surface area contributed by atoms with E-state index in [4.69, 9.17) is 0 Å². The van der Waals surface area contributed by atoms with E-state index in [1.807, 2.05) is 42.1 Å². The second kappa shape index (κ2) is 7.98. The second-order valence-corrected chi connectivity index (χ2v) is 7.40. The molecule has 1 aromatic heterocycles. The number of alkyl halides is 3. The maximum Gasteiger partial charge on any atom is 0.573 e. The summed E-state index contributed by atoms with van der Waals surface area (Å²) >= 11 is 0. The molecule has 2 heterocycles. The van der Waals surface area contributed by atoms with Gasteiger partial charge in [0.25, 0.3) is 0 Å². The molecule has 6 nitrogen and oxygen atoms in total. The van der Waals surface area contributed by atoms with Crippen molar-refractivity contribution in [1.82, 2.24) is 9.88 Å². The van der Waals surface area contributed by atoms with Crippen LogP contribution in [-0.4, -0.2) is 35.3 Å². The van der Waals surface area contributed by atoms with Crippen molar-refractivity contribution in [3.05, 3.63) is 60.3 Å². The standard InChI is InChI=1S/C22H20F3N3O3/c1-27-13-14(17-7-2-3-8-19(17)27)11-20(29)26-18-9-10-28(21(18)30)15-5-4-6-16(12-15)31-22(23,24)25/h2-8,12-13,18H,9-11H2,1H3,(H,26,29). The Morgan fingerprint density at radius 1 is 1.19 bits per heavy atom. The number of rotatable bonds is 5. The number of hydrogen-bond acceptors (Lipinski definition) is 3. The zero-order valence-electron chi connectivity index (χ0n) is 16.6. The lowest BCUT2D eigenvalue weighted by Gasteiger charge is -2.18. The molecule has 0 saturated carbocycles. The summed E-state index contributed by atoms with van der Waals surface area (Å²) in [5, 5.41) is 3.73. The lowest BCUT2D eigenvalue weighted by molar-refractivity contribution is -0.274. The van der Waals surface area contributed by atoms with Gasteiger partial charge in [0.1, 0.15) is 11.8 Å². The van der Waals surface area contributed by atoms with E-state index >= 15 is 0 Å². The van der Waals surface area contributed by atoms with Crippen LogP contribution in [-0.2, 0) is 23.1 Å². The number of nitrogens with one attached hydrogen (secondary N) is 1. The molecule has 9 heteroatoms. The Morgan fingerprint density at radius 3 is 2.74 bits per heavy atom. The lowest BCUT2D eigenvalue weighted by atomic mass is 10.1. The van der Waals surface area contributed by atoms with E-state index in [-0.39, 0.29) is 30.5 Å². The van der Waals surface area contributed by atoms with Gasteiger partial charge >= 0.3 is 6.36 Å². The number of halogens is 3. The Morgan fingerprint density at radius 2 is 1.97 bits per heavy atom. The third kappa shape index (κ3) is 4.50. The van der Waals surface area contributed by atoms with Crippen molar-refractivity contribution in [1.29, 1.82) is 0 Å². The molecule has 31 heavy (non-hydrogen) atoms. The Hall–Kier alpha value is -3.49. The fraction of sp³-hybridized carbons (Fsp3) is 0.273. The SMILES string of the molecule is Cn1cc(CC(=O)NC2CCN(c3cccc(OC(F)(F)F)c3)C2=O)c2ccccc21. The molecule has 1 aliphatic rings. The van der Waals surface area contributed by atoms with E-state index in [0.717, 1.165) is 22.5 Å². The number of anilines is 1. The quantitative estimate of drug-likeness (QED) is 0.672. The summed E-state index contributed by atoms with van der Waals surface area (Å²) in [6.07, 6.45) is -2.44. The molecule has 162 valence electrons. The van der Waals surface area contributed by atoms with Crippen molar-refractivity contribution in [3.63, 3.8) is 0 Å². The van der Waals surface area contributed by atoms with E-state index in [0.29, 0.717) is 6.42 Å². The number of para-hydroxylation sites is 1. The third-order valence-electron chi connectivity index (χ3n) is 5.23. The van der Waals surface area contributed by atoms with Gasteiger partial charge in [-0.25, -0.2) is 0 Å². The predicted molar refractivity (Wildman–Crippen MR) is 109 cm³/mol. The van der Waals surface area contributed by atoms with Crippen LogP contribution in [0.2, 0.25) is 0 Å². The van der Waals surface area contributed by atoms with Crippen LogP contribution in [0.5, 0.6) is 5.75 Å². The molecular formula is C22H20F3N3O3. The molecule has 0 spiro atoms. The normalized spacial score (nSPS) is 16.7. The first-order valence-electron chi connectivity index (χ1n) is 9.71. The summed E-state index contributed by atoms with van der Waals surface area (Å²) in [5.41, 5.74) is 2.15. The van der Waals surface area contributed by atoms with Crippen molar-refractivity contribution < 1.29 is 27.5 Å². The maximum atomic E-state index is 12.8.